The monoisotopic (exact) mass is 336 g/mol. The van der Waals surface area contributed by atoms with Crippen LogP contribution in [0, 0.1) is 5.82 Å². The van der Waals surface area contributed by atoms with Gasteiger partial charge in [0, 0.05) is 25.2 Å². The summed E-state index contributed by atoms with van der Waals surface area (Å²) in [6.07, 6.45) is 0.311. The molecule has 0 aliphatic rings. The highest BCUT2D eigenvalue weighted by molar-refractivity contribution is 6.31. The van der Waals surface area contributed by atoms with E-state index in [-0.39, 0.29) is 10.9 Å². The van der Waals surface area contributed by atoms with Crippen molar-refractivity contribution in [3.63, 3.8) is 0 Å². The molecule has 122 valence electrons. The first kappa shape index (κ1) is 17.2. The zero-order valence-electron chi connectivity index (χ0n) is 12.7. The molecule has 0 unspecified atom stereocenters. The highest BCUT2D eigenvalue weighted by Gasteiger charge is 2.05. The molecule has 0 aromatic heterocycles. The van der Waals surface area contributed by atoms with E-state index < -0.39 is 5.82 Å². The van der Waals surface area contributed by atoms with Crippen LogP contribution >= 0.6 is 11.6 Å². The number of anilines is 1. The van der Waals surface area contributed by atoms with Crippen LogP contribution < -0.4 is 15.4 Å². The lowest BCUT2D eigenvalue weighted by Gasteiger charge is -2.08. The lowest BCUT2D eigenvalue weighted by Crippen LogP contribution is -2.21. The summed E-state index contributed by atoms with van der Waals surface area (Å²) in [6.45, 7) is 1.20. The van der Waals surface area contributed by atoms with E-state index in [2.05, 4.69) is 10.6 Å². The number of ether oxygens (including phenoxy) is 1. The van der Waals surface area contributed by atoms with E-state index in [0.29, 0.717) is 25.2 Å². The molecule has 0 saturated carbocycles. The van der Waals surface area contributed by atoms with Crippen molar-refractivity contribution >= 4 is 23.2 Å². The maximum Gasteiger partial charge on any atom is 0.225 e. The lowest BCUT2D eigenvalue weighted by molar-refractivity contribution is -0.116. The van der Waals surface area contributed by atoms with Crippen molar-refractivity contribution in [3.05, 3.63) is 58.9 Å². The van der Waals surface area contributed by atoms with Crippen LogP contribution in [0.15, 0.2) is 42.5 Å². The molecule has 2 aromatic rings. The molecule has 6 heteroatoms. The van der Waals surface area contributed by atoms with Crippen LogP contribution in [-0.4, -0.2) is 19.6 Å². The van der Waals surface area contributed by atoms with Gasteiger partial charge in [-0.3, -0.25) is 4.79 Å². The molecule has 0 fully saturated rings. The summed E-state index contributed by atoms with van der Waals surface area (Å²) in [6, 6.07) is 11.8. The van der Waals surface area contributed by atoms with Gasteiger partial charge in [-0.1, -0.05) is 23.7 Å². The van der Waals surface area contributed by atoms with Crippen LogP contribution in [0.3, 0.4) is 0 Å². The Hall–Kier alpha value is -2.11. The Bertz CT molecular complexity index is 662. The number of methoxy groups -OCH3 is 1. The van der Waals surface area contributed by atoms with E-state index in [1.165, 1.54) is 18.2 Å². The molecular formula is C17H18ClFN2O2. The second kappa shape index (κ2) is 8.50. The first-order chi connectivity index (χ1) is 11.1. The lowest BCUT2D eigenvalue weighted by atomic mass is 10.2. The molecule has 1 amide bonds. The number of amides is 1. The summed E-state index contributed by atoms with van der Waals surface area (Å²) in [5, 5.41) is 5.85. The van der Waals surface area contributed by atoms with Gasteiger partial charge in [0.15, 0.2) is 0 Å². The number of halogens is 2. The Balaban J connectivity index is 1.70. The maximum absolute atomic E-state index is 13.0. The molecule has 0 atom stereocenters. The zero-order chi connectivity index (χ0) is 16.7. The predicted octanol–water partition coefficient (Wildman–Crippen LogP) is 3.61. The van der Waals surface area contributed by atoms with Crippen molar-refractivity contribution in [1.82, 2.24) is 5.32 Å². The van der Waals surface area contributed by atoms with Crippen LogP contribution in [0.4, 0.5) is 10.1 Å². The molecule has 0 spiro atoms. The van der Waals surface area contributed by atoms with Gasteiger partial charge in [0.05, 0.1) is 12.1 Å². The second-order valence-corrected chi connectivity index (χ2v) is 5.36. The predicted molar refractivity (Wildman–Crippen MR) is 89.4 cm³/mol. The van der Waals surface area contributed by atoms with Crippen molar-refractivity contribution in [1.29, 1.82) is 0 Å². The fourth-order valence-corrected chi connectivity index (χ4v) is 2.16. The quantitative estimate of drug-likeness (QED) is 0.759. The number of nitrogens with one attached hydrogen (secondary N) is 2. The molecule has 0 aliphatic heterocycles. The molecule has 0 heterocycles. The summed E-state index contributed by atoms with van der Waals surface area (Å²) in [5.41, 5.74) is 1.59. The fourth-order valence-electron chi connectivity index (χ4n) is 1.98. The van der Waals surface area contributed by atoms with Gasteiger partial charge in [0.25, 0.3) is 0 Å². The third kappa shape index (κ3) is 5.54. The van der Waals surface area contributed by atoms with Crippen molar-refractivity contribution < 1.29 is 13.9 Å². The third-order valence-corrected chi connectivity index (χ3v) is 3.51. The number of benzene rings is 2. The Kier molecular flexibility index (Phi) is 6.38. The molecule has 2 aromatic carbocycles. The molecule has 4 nitrogen and oxygen atoms in total. The van der Waals surface area contributed by atoms with E-state index in [0.717, 1.165) is 11.3 Å². The average molecular weight is 337 g/mol. The van der Waals surface area contributed by atoms with Gasteiger partial charge >= 0.3 is 0 Å². The van der Waals surface area contributed by atoms with Gasteiger partial charge in [-0.25, -0.2) is 4.39 Å². The molecule has 0 radical (unpaired) electrons. The number of carbonyl (C=O) groups excluding carboxylic acids is 1. The maximum atomic E-state index is 13.0. The van der Waals surface area contributed by atoms with Crippen molar-refractivity contribution in [2.24, 2.45) is 0 Å². The Morgan fingerprint density at radius 1 is 1.22 bits per heavy atom. The highest BCUT2D eigenvalue weighted by Crippen LogP contribution is 2.19. The van der Waals surface area contributed by atoms with Crippen LogP contribution in [0.2, 0.25) is 5.02 Å². The minimum Gasteiger partial charge on any atom is -0.497 e. The van der Waals surface area contributed by atoms with Crippen LogP contribution in [0.25, 0.3) is 0 Å². The summed E-state index contributed by atoms with van der Waals surface area (Å²) in [5.74, 6) is 0.145. The largest absolute Gasteiger partial charge is 0.497 e. The summed E-state index contributed by atoms with van der Waals surface area (Å²) in [4.78, 5) is 11.8. The standard InChI is InChI=1S/C17H18ClFN2O2/c1-23-14-5-2-12(3-6-14)11-20-9-8-17(22)21-13-4-7-16(19)15(18)10-13/h2-7,10,20H,8-9,11H2,1H3,(H,21,22). The van der Waals surface area contributed by atoms with Crippen LogP contribution in [0.5, 0.6) is 5.75 Å². The minimum absolute atomic E-state index is 0.0135. The Morgan fingerprint density at radius 3 is 2.61 bits per heavy atom. The first-order valence-corrected chi connectivity index (χ1v) is 7.55. The smallest absolute Gasteiger partial charge is 0.225 e. The van der Waals surface area contributed by atoms with Gasteiger partial charge in [-0.2, -0.15) is 0 Å². The fraction of sp³-hybridized carbons (Fsp3) is 0.235. The molecule has 0 bridgehead atoms. The minimum atomic E-state index is -0.508. The van der Waals surface area contributed by atoms with E-state index >= 15 is 0 Å². The van der Waals surface area contributed by atoms with Crippen molar-refractivity contribution in [2.75, 3.05) is 19.0 Å². The van der Waals surface area contributed by atoms with E-state index in [1.807, 2.05) is 24.3 Å². The Labute approximate surface area is 139 Å². The molecule has 2 N–H and O–H groups in total. The summed E-state index contributed by atoms with van der Waals surface area (Å²) >= 11 is 5.67. The van der Waals surface area contributed by atoms with Crippen molar-refractivity contribution in [2.45, 2.75) is 13.0 Å². The second-order valence-electron chi connectivity index (χ2n) is 4.95. The molecule has 2 rings (SSSR count). The number of carbonyl (C=O) groups is 1. The van der Waals surface area contributed by atoms with E-state index in [9.17, 15) is 9.18 Å². The van der Waals surface area contributed by atoms with Gasteiger partial charge in [-0.15, -0.1) is 0 Å². The van der Waals surface area contributed by atoms with Crippen LogP contribution in [0.1, 0.15) is 12.0 Å². The SMILES string of the molecule is COc1ccc(CNCCC(=O)Nc2ccc(F)c(Cl)c2)cc1. The first-order valence-electron chi connectivity index (χ1n) is 7.17. The average Bonchev–Trinajstić information content (AvgIpc) is 2.55. The van der Waals surface area contributed by atoms with Crippen molar-refractivity contribution in [3.8, 4) is 5.75 Å². The van der Waals surface area contributed by atoms with Gasteiger partial charge in [0.1, 0.15) is 11.6 Å². The third-order valence-electron chi connectivity index (χ3n) is 3.22. The Morgan fingerprint density at radius 2 is 1.96 bits per heavy atom. The number of rotatable bonds is 7. The molecule has 23 heavy (non-hydrogen) atoms. The van der Waals surface area contributed by atoms with Gasteiger partial charge in [0.2, 0.25) is 5.91 Å². The topological polar surface area (TPSA) is 50.4 Å². The molecule has 0 aliphatic carbocycles. The zero-order valence-corrected chi connectivity index (χ0v) is 13.5. The van der Waals surface area contributed by atoms with Crippen LogP contribution in [-0.2, 0) is 11.3 Å². The van der Waals surface area contributed by atoms with E-state index in [4.69, 9.17) is 16.3 Å². The highest BCUT2D eigenvalue weighted by atomic mass is 35.5. The van der Waals surface area contributed by atoms with Gasteiger partial charge < -0.3 is 15.4 Å². The number of hydrogen-bond donors (Lipinski definition) is 2. The normalized spacial score (nSPS) is 10.4. The molecule has 0 saturated heterocycles. The molecular weight excluding hydrogens is 319 g/mol. The van der Waals surface area contributed by atoms with E-state index in [1.54, 1.807) is 7.11 Å². The summed E-state index contributed by atoms with van der Waals surface area (Å²) in [7, 11) is 1.63. The number of hydrogen-bond acceptors (Lipinski definition) is 3. The summed E-state index contributed by atoms with van der Waals surface area (Å²) < 4.78 is 18.1. The van der Waals surface area contributed by atoms with Gasteiger partial charge in [-0.05, 0) is 35.9 Å².